The number of amides is 1. The smallest absolute Gasteiger partial charge is 0.224 e. The number of hydrogen-bond acceptors (Lipinski definition) is 10. The minimum atomic E-state index is -1.32. The molecule has 4 atom stereocenters. The van der Waals surface area contributed by atoms with Gasteiger partial charge in [0, 0.05) is 16.5 Å². The van der Waals surface area contributed by atoms with Crippen molar-refractivity contribution in [3.63, 3.8) is 0 Å². The first-order valence-corrected chi connectivity index (χ1v) is 12.7. The lowest BCUT2D eigenvalue weighted by molar-refractivity contribution is -0.115. The molecule has 1 aliphatic heterocycles. The number of benzene rings is 1. The van der Waals surface area contributed by atoms with Gasteiger partial charge in [-0.05, 0) is 40.3 Å². The summed E-state index contributed by atoms with van der Waals surface area (Å²) < 4.78 is 8.28. The summed E-state index contributed by atoms with van der Waals surface area (Å²) in [4.78, 5) is 25.8. The third-order valence-electron chi connectivity index (χ3n) is 6.02. The third-order valence-corrected chi connectivity index (χ3v) is 6.69. The van der Waals surface area contributed by atoms with Gasteiger partial charge in [-0.1, -0.05) is 19.1 Å². The van der Waals surface area contributed by atoms with Gasteiger partial charge in [0.25, 0.3) is 0 Å². The second-order valence-corrected chi connectivity index (χ2v) is 9.74. The number of hydrogen-bond donors (Lipinski definition) is 6. The Morgan fingerprint density at radius 2 is 2.11 bits per heavy atom. The second-order valence-electron chi connectivity index (χ2n) is 8.49. The first-order valence-electron chi connectivity index (χ1n) is 11.6. The first kappa shape index (κ1) is 25.5. The molecule has 5 rings (SSSR count). The standard InChI is InChI=1S/C23H25IN8O5/c1-2-15(34)28-13-8-27-31-16(13)21-29-20(25-7-11-4-3-5-12(24)6-11)17-22(30-21)32(10-26-17)23-19(36)18(35)14(9-33)37-23/h3-6,8,10,14,18-19,23,33,35-36H,2,7,9H2,1H3,(H,27,31)(H,28,34)(H,25,29,30)/t14-,18-,19-,23-/m1/s1. The Kier molecular flexibility index (Phi) is 7.34. The molecule has 194 valence electrons. The molecule has 0 bridgehead atoms. The van der Waals surface area contributed by atoms with Crippen LogP contribution in [0.25, 0.3) is 22.7 Å². The number of H-pyrrole nitrogens is 1. The molecule has 0 spiro atoms. The van der Waals surface area contributed by atoms with Crippen molar-refractivity contribution in [1.29, 1.82) is 0 Å². The topological polar surface area (TPSA) is 183 Å². The van der Waals surface area contributed by atoms with Crippen molar-refractivity contribution < 1.29 is 24.9 Å². The van der Waals surface area contributed by atoms with Crippen molar-refractivity contribution >= 4 is 51.2 Å². The Morgan fingerprint density at radius 1 is 1.27 bits per heavy atom. The Balaban J connectivity index is 1.59. The number of aromatic nitrogens is 6. The van der Waals surface area contributed by atoms with Crippen LogP contribution in [-0.2, 0) is 16.1 Å². The van der Waals surface area contributed by atoms with Gasteiger partial charge < -0.3 is 30.7 Å². The lowest BCUT2D eigenvalue weighted by Gasteiger charge is -2.17. The van der Waals surface area contributed by atoms with Crippen LogP contribution in [0, 0.1) is 3.57 Å². The number of aliphatic hydroxyl groups excluding tert-OH is 3. The Bertz CT molecular complexity index is 1430. The number of carbonyl (C=O) groups excluding carboxylic acids is 1. The molecule has 4 heterocycles. The summed E-state index contributed by atoms with van der Waals surface area (Å²) in [5.74, 6) is 0.430. The quantitative estimate of drug-likeness (QED) is 0.158. The van der Waals surface area contributed by atoms with Crippen LogP contribution in [0.2, 0.25) is 0 Å². The van der Waals surface area contributed by atoms with E-state index in [1.807, 2.05) is 24.3 Å². The molecule has 1 fully saturated rings. The van der Waals surface area contributed by atoms with E-state index < -0.39 is 31.1 Å². The molecule has 0 radical (unpaired) electrons. The van der Waals surface area contributed by atoms with Gasteiger partial charge in [0.1, 0.15) is 24.0 Å². The molecule has 0 aliphatic carbocycles. The van der Waals surface area contributed by atoms with Crippen LogP contribution < -0.4 is 10.6 Å². The normalized spacial score (nSPS) is 21.4. The highest BCUT2D eigenvalue weighted by molar-refractivity contribution is 14.1. The van der Waals surface area contributed by atoms with Crippen molar-refractivity contribution in [2.45, 2.75) is 44.4 Å². The monoisotopic (exact) mass is 620 g/mol. The predicted molar refractivity (Wildman–Crippen MR) is 141 cm³/mol. The maximum atomic E-state index is 12.0. The Morgan fingerprint density at radius 3 is 2.84 bits per heavy atom. The first-order chi connectivity index (χ1) is 17.9. The van der Waals surface area contributed by atoms with E-state index in [0.717, 1.165) is 9.13 Å². The zero-order chi connectivity index (χ0) is 26.1. The van der Waals surface area contributed by atoms with Crippen LogP contribution in [0.15, 0.2) is 36.8 Å². The number of fused-ring (bicyclic) bond motifs is 1. The molecule has 1 aliphatic rings. The van der Waals surface area contributed by atoms with Gasteiger partial charge >= 0.3 is 0 Å². The summed E-state index contributed by atoms with van der Waals surface area (Å²) in [7, 11) is 0. The van der Waals surface area contributed by atoms with Gasteiger partial charge in [0.2, 0.25) is 5.91 Å². The molecule has 0 saturated carbocycles. The van der Waals surface area contributed by atoms with Gasteiger partial charge in [-0.2, -0.15) is 5.10 Å². The maximum Gasteiger partial charge on any atom is 0.224 e. The van der Waals surface area contributed by atoms with Crippen LogP contribution in [0.1, 0.15) is 25.1 Å². The van der Waals surface area contributed by atoms with E-state index in [9.17, 15) is 20.1 Å². The Hall–Kier alpha value is -3.18. The number of halogens is 1. The summed E-state index contributed by atoms with van der Waals surface area (Å²) >= 11 is 2.24. The van der Waals surface area contributed by atoms with E-state index in [-0.39, 0.29) is 18.2 Å². The van der Waals surface area contributed by atoms with E-state index in [4.69, 9.17) is 4.74 Å². The molecule has 1 aromatic carbocycles. The van der Waals surface area contributed by atoms with Crippen molar-refractivity contribution in [3.8, 4) is 11.5 Å². The minimum Gasteiger partial charge on any atom is -0.394 e. The fourth-order valence-corrected chi connectivity index (χ4v) is 4.68. The molecular weight excluding hydrogens is 595 g/mol. The highest BCUT2D eigenvalue weighted by Crippen LogP contribution is 2.34. The van der Waals surface area contributed by atoms with Crippen LogP contribution in [0.4, 0.5) is 11.5 Å². The summed E-state index contributed by atoms with van der Waals surface area (Å²) in [6.07, 6.45) is -1.40. The molecule has 37 heavy (non-hydrogen) atoms. The van der Waals surface area contributed by atoms with E-state index >= 15 is 0 Å². The fourth-order valence-electron chi connectivity index (χ4n) is 4.07. The predicted octanol–water partition coefficient (Wildman–Crippen LogP) is 1.39. The number of rotatable bonds is 8. The molecular formula is C23H25IN8O5. The van der Waals surface area contributed by atoms with Crippen LogP contribution >= 0.6 is 22.6 Å². The summed E-state index contributed by atoms with van der Waals surface area (Å²) in [5, 5.41) is 43.3. The molecule has 6 N–H and O–H groups in total. The van der Waals surface area contributed by atoms with Crippen molar-refractivity contribution in [2.24, 2.45) is 0 Å². The van der Waals surface area contributed by atoms with Crippen molar-refractivity contribution in [2.75, 3.05) is 17.2 Å². The van der Waals surface area contributed by atoms with Gasteiger partial charge in [-0.3, -0.25) is 14.5 Å². The summed E-state index contributed by atoms with van der Waals surface area (Å²) in [5.41, 5.74) is 2.54. The molecule has 4 aromatic rings. The van der Waals surface area contributed by atoms with Gasteiger partial charge in [0.15, 0.2) is 29.0 Å². The number of aromatic amines is 1. The summed E-state index contributed by atoms with van der Waals surface area (Å²) in [6, 6.07) is 7.99. The van der Waals surface area contributed by atoms with Crippen molar-refractivity contribution in [3.05, 3.63) is 45.9 Å². The molecule has 13 nitrogen and oxygen atoms in total. The zero-order valence-electron chi connectivity index (χ0n) is 19.7. The zero-order valence-corrected chi connectivity index (χ0v) is 21.8. The third kappa shape index (κ3) is 5.02. The van der Waals surface area contributed by atoms with E-state index in [2.05, 4.69) is 58.4 Å². The number of imidazole rings is 1. The Labute approximate surface area is 224 Å². The van der Waals surface area contributed by atoms with E-state index in [1.54, 1.807) is 6.92 Å². The molecule has 1 saturated heterocycles. The number of carbonyl (C=O) groups is 1. The van der Waals surface area contributed by atoms with Gasteiger partial charge in [-0.15, -0.1) is 0 Å². The average Bonchev–Trinajstić information content (AvgIpc) is 3.60. The van der Waals surface area contributed by atoms with Crippen LogP contribution in [0.3, 0.4) is 0 Å². The lowest BCUT2D eigenvalue weighted by Crippen LogP contribution is -2.33. The van der Waals surface area contributed by atoms with Crippen LogP contribution in [-0.4, -0.2) is 75.9 Å². The van der Waals surface area contributed by atoms with E-state index in [1.165, 1.54) is 17.1 Å². The maximum absolute atomic E-state index is 12.0. The number of nitrogens with one attached hydrogen (secondary N) is 3. The highest BCUT2D eigenvalue weighted by atomic mass is 127. The minimum absolute atomic E-state index is 0.197. The lowest BCUT2D eigenvalue weighted by atomic mass is 10.1. The van der Waals surface area contributed by atoms with Crippen molar-refractivity contribution in [1.82, 2.24) is 29.7 Å². The second kappa shape index (κ2) is 10.7. The SMILES string of the molecule is CCC(=O)Nc1cn[nH]c1-c1nc(NCc2cccc(I)c2)c2ncn([C@@H]3O[C@H](CO)[C@@H](O)[C@H]3O)c2n1. The number of aliphatic hydroxyl groups is 3. The molecule has 14 heteroatoms. The fraction of sp³-hybridized carbons (Fsp3) is 0.348. The number of nitrogens with zero attached hydrogens (tertiary/aromatic N) is 5. The van der Waals surface area contributed by atoms with E-state index in [0.29, 0.717) is 34.9 Å². The largest absolute Gasteiger partial charge is 0.394 e. The highest BCUT2D eigenvalue weighted by Gasteiger charge is 2.44. The number of ether oxygens (including phenoxy) is 1. The van der Waals surface area contributed by atoms with Gasteiger partial charge in [0.05, 0.1) is 24.8 Å². The molecule has 1 amide bonds. The van der Waals surface area contributed by atoms with Gasteiger partial charge in [-0.25, -0.2) is 15.0 Å². The molecule has 3 aromatic heterocycles. The number of anilines is 2. The summed E-state index contributed by atoms with van der Waals surface area (Å²) in [6.45, 7) is 1.73. The molecule has 0 unspecified atom stereocenters. The average molecular weight is 620 g/mol. The van der Waals surface area contributed by atoms with Crippen LogP contribution in [0.5, 0.6) is 0 Å².